The number of nitrogens with two attached hydrogens (primary N) is 1. The lowest BCUT2D eigenvalue weighted by atomic mass is 10.2. The van der Waals surface area contributed by atoms with Crippen LogP contribution in [0.25, 0.3) is 0 Å². The van der Waals surface area contributed by atoms with E-state index in [0.29, 0.717) is 30.9 Å². The minimum Gasteiger partial charge on any atom is -0.491 e. The van der Waals surface area contributed by atoms with Crippen molar-refractivity contribution in [1.29, 1.82) is 0 Å². The zero-order valence-electron chi connectivity index (χ0n) is 11.5. The van der Waals surface area contributed by atoms with Crippen molar-refractivity contribution < 1.29 is 9.53 Å². The van der Waals surface area contributed by atoms with E-state index in [-0.39, 0.29) is 5.91 Å². The predicted octanol–water partition coefficient (Wildman–Crippen LogP) is 3.83. The number of anilines is 2. The van der Waals surface area contributed by atoms with Crippen molar-refractivity contribution in [2.45, 2.75) is 12.8 Å². The van der Waals surface area contributed by atoms with Gasteiger partial charge in [-0.25, -0.2) is 0 Å². The molecular weight excluding hydrogens is 332 g/mol. The molecule has 0 aliphatic rings. The number of nitrogen functional groups attached to an aromatic ring is 1. The van der Waals surface area contributed by atoms with Gasteiger partial charge in [0.2, 0.25) is 5.91 Å². The lowest BCUT2D eigenvalue weighted by molar-refractivity contribution is -0.116. The smallest absolute Gasteiger partial charge is 0.224 e. The molecule has 0 aliphatic carbocycles. The second-order valence-electron chi connectivity index (χ2n) is 4.52. The maximum atomic E-state index is 11.8. The number of para-hydroxylation sites is 3. The van der Waals surface area contributed by atoms with Gasteiger partial charge in [-0.15, -0.1) is 0 Å². The molecule has 0 atom stereocenters. The molecule has 0 heterocycles. The van der Waals surface area contributed by atoms with Gasteiger partial charge in [0.1, 0.15) is 5.75 Å². The average molecular weight is 349 g/mol. The van der Waals surface area contributed by atoms with Gasteiger partial charge < -0.3 is 15.8 Å². The first kappa shape index (κ1) is 15.4. The van der Waals surface area contributed by atoms with E-state index in [0.717, 1.165) is 10.2 Å². The minimum atomic E-state index is -0.0356. The Balaban J connectivity index is 1.73. The van der Waals surface area contributed by atoms with Gasteiger partial charge in [0.15, 0.2) is 0 Å². The summed E-state index contributed by atoms with van der Waals surface area (Å²) in [5.74, 6) is 0.621. The van der Waals surface area contributed by atoms with E-state index in [1.54, 1.807) is 6.07 Å². The van der Waals surface area contributed by atoms with E-state index in [1.807, 2.05) is 42.5 Å². The Labute approximate surface area is 132 Å². The number of rotatable bonds is 6. The second kappa shape index (κ2) is 7.69. The number of amides is 1. The molecule has 0 spiro atoms. The van der Waals surface area contributed by atoms with Crippen molar-refractivity contribution in [3.05, 3.63) is 53.0 Å². The molecule has 2 aromatic carbocycles. The number of benzene rings is 2. The molecule has 4 nitrogen and oxygen atoms in total. The molecule has 110 valence electrons. The number of carbonyl (C=O) groups is 1. The first-order valence-electron chi connectivity index (χ1n) is 6.68. The molecule has 0 unspecified atom stereocenters. The van der Waals surface area contributed by atoms with Crippen molar-refractivity contribution in [2.24, 2.45) is 0 Å². The molecule has 2 rings (SSSR count). The van der Waals surface area contributed by atoms with Gasteiger partial charge in [0.25, 0.3) is 0 Å². The van der Waals surface area contributed by atoms with E-state index in [4.69, 9.17) is 10.5 Å². The number of carbonyl (C=O) groups excluding carboxylic acids is 1. The molecule has 0 radical (unpaired) electrons. The van der Waals surface area contributed by atoms with Crippen LogP contribution in [0, 0.1) is 0 Å². The quantitative estimate of drug-likeness (QED) is 0.615. The van der Waals surface area contributed by atoms with Crippen LogP contribution < -0.4 is 15.8 Å². The number of nitrogens with one attached hydrogen (secondary N) is 1. The Hall–Kier alpha value is -2.01. The maximum absolute atomic E-state index is 11.8. The van der Waals surface area contributed by atoms with Crippen molar-refractivity contribution in [3.63, 3.8) is 0 Å². The van der Waals surface area contributed by atoms with Crippen LogP contribution >= 0.6 is 15.9 Å². The van der Waals surface area contributed by atoms with Crippen LogP contribution in [0.5, 0.6) is 5.75 Å². The number of halogens is 1. The summed E-state index contributed by atoms with van der Waals surface area (Å²) >= 11 is 3.39. The zero-order chi connectivity index (χ0) is 15.1. The van der Waals surface area contributed by atoms with Crippen LogP contribution in [0.1, 0.15) is 12.8 Å². The Kier molecular flexibility index (Phi) is 5.63. The first-order chi connectivity index (χ1) is 10.2. The van der Waals surface area contributed by atoms with E-state index >= 15 is 0 Å². The van der Waals surface area contributed by atoms with Gasteiger partial charge in [-0.05, 0) is 46.6 Å². The van der Waals surface area contributed by atoms with Crippen LogP contribution in [0.15, 0.2) is 53.0 Å². The maximum Gasteiger partial charge on any atom is 0.224 e. The van der Waals surface area contributed by atoms with Crippen molar-refractivity contribution >= 4 is 33.2 Å². The monoisotopic (exact) mass is 348 g/mol. The molecule has 5 heteroatoms. The molecule has 0 saturated heterocycles. The third-order valence-electron chi connectivity index (χ3n) is 2.87. The van der Waals surface area contributed by atoms with Crippen LogP contribution in [-0.2, 0) is 4.79 Å². The van der Waals surface area contributed by atoms with Crippen molar-refractivity contribution in [3.8, 4) is 5.75 Å². The standard InChI is InChI=1S/C16H17BrN2O2/c17-12-6-1-3-8-14(12)19-16(20)10-5-11-21-15-9-4-2-7-13(15)18/h1-4,6-9H,5,10-11,18H2,(H,19,20). The lowest BCUT2D eigenvalue weighted by Gasteiger charge is -2.09. The average Bonchev–Trinajstić information content (AvgIpc) is 2.48. The third kappa shape index (κ3) is 4.79. The van der Waals surface area contributed by atoms with Gasteiger partial charge in [-0.3, -0.25) is 4.79 Å². The van der Waals surface area contributed by atoms with E-state index in [1.165, 1.54) is 0 Å². The Morgan fingerprint density at radius 3 is 2.62 bits per heavy atom. The topological polar surface area (TPSA) is 64.3 Å². The van der Waals surface area contributed by atoms with Crippen LogP contribution in [0.2, 0.25) is 0 Å². The SMILES string of the molecule is Nc1ccccc1OCCCC(=O)Nc1ccccc1Br. The number of ether oxygens (including phenoxy) is 1. The largest absolute Gasteiger partial charge is 0.491 e. The third-order valence-corrected chi connectivity index (χ3v) is 3.56. The van der Waals surface area contributed by atoms with Gasteiger partial charge in [-0.1, -0.05) is 24.3 Å². The summed E-state index contributed by atoms with van der Waals surface area (Å²) in [6, 6.07) is 14.8. The van der Waals surface area contributed by atoms with Gasteiger partial charge in [-0.2, -0.15) is 0 Å². The summed E-state index contributed by atoms with van der Waals surface area (Å²) in [4.78, 5) is 11.8. The molecular formula is C16H17BrN2O2. The Bertz CT molecular complexity index is 617. The molecule has 0 aromatic heterocycles. The molecule has 0 saturated carbocycles. The molecule has 2 aromatic rings. The summed E-state index contributed by atoms with van der Waals surface area (Å²) < 4.78 is 6.41. The fourth-order valence-corrected chi connectivity index (χ4v) is 2.19. The van der Waals surface area contributed by atoms with Crippen molar-refractivity contribution in [2.75, 3.05) is 17.7 Å². The molecule has 0 bridgehead atoms. The summed E-state index contributed by atoms with van der Waals surface area (Å²) in [6.07, 6.45) is 1.03. The van der Waals surface area contributed by atoms with Crippen LogP contribution in [-0.4, -0.2) is 12.5 Å². The highest BCUT2D eigenvalue weighted by atomic mass is 79.9. The molecule has 21 heavy (non-hydrogen) atoms. The van der Waals surface area contributed by atoms with Crippen LogP contribution in [0.4, 0.5) is 11.4 Å². The lowest BCUT2D eigenvalue weighted by Crippen LogP contribution is -2.13. The van der Waals surface area contributed by atoms with Gasteiger partial charge in [0, 0.05) is 10.9 Å². The van der Waals surface area contributed by atoms with E-state index in [2.05, 4.69) is 21.2 Å². The summed E-state index contributed by atoms with van der Waals surface area (Å²) in [5, 5.41) is 2.85. The molecule has 1 amide bonds. The van der Waals surface area contributed by atoms with Crippen LogP contribution in [0.3, 0.4) is 0 Å². The first-order valence-corrected chi connectivity index (χ1v) is 7.48. The summed E-state index contributed by atoms with van der Waals surface area (Å²) in [7, 11) is 0. The van der Waals surface area contributed by atoms with E-state index < -0.39 is 0 Å². The Morgan fingerprint density at radius 2 is 1.86 bits per heavy atom. The second-order valence-corrected chi connectivity index (χ2v) is 5.37. The summed E-state index contributed by atoms with van der Waals surface area (Å²) in [6.45, 7) is 0.456. The molecule has 0 fully saturated rings. The fraction of sp³-hybridized carbons (Fsp3) is 0.188. The van der Waals surface area contributed by atoms with E-state index in [9.17, 15) is 4.79 Å². The number of hydrogen-bond acceptors (Lipinski definition) is 3. The predicted molar refractivity (Wildman–Crippen MR) is 88.4 cm³/mol. The number of hydrogen-bond donors (Lipinski definition) is 2. The fourth-order valence-electron chi connectivity index (χ4n) is 1.80. The highest BCUT2D eigenvalue weighted by molar-refractivity contribution is 9.10. The van der Waals surface area contributed by atoms with Gasteiger partial charge >= 0.3 is 0 Å². The zero-order valence-corrected chi connectivity index (χ0v) is 13.1. The highest BCUT2D eigenvalue weighted by Gasteiger charge is 2.05. The summed E-state index contributed by atoms with van der Waals surface area (Å²) in [5.41, 5.74) is 7.15. The minimum absolute atomic E-state index is 0.0356. The molecule has 3 N–H and O–H groups in total. The normalized spacial score (nSPS) is 10.1. The van der Waals surface area contributed by atoms with Gasteiger partial charge in [0.05, 0.1) is 18.0 Å². The van der Waals surface area contributed by atoms with Crippen molar-refractivity contribution in [1.82, 2.24) is 0 Å². The highest BCUT2D eigenvalue weighted by Crippen LogP contribution is 2.22. The Morgan fingerprint density at radius 1 is 1.14 bits per heavy atom. The molecule has 0 aliphatic heterocycles.